The highest BCUT2D eigenvalue weighted by Gasteiger charge is 2.36. The van der Waals surface area contributed by atoms with Crippen molar-refractivity contribution in [2.45, 2.75) is 58.3 Å². The Hall–Kier alpha value is 0.217. The summed E-state index contributed by atoms with van der Waals surface area (Å²) in [6.07, 6.45) is 4.38. The molecule has 1 unspecified atom stereocenters. The van der Waals surface area contributed by atoms with Crippen LogP contribution in [0, 0.1) is 5.41 Å². The summed E-state index contributed by atoms with van der Waals surface area (Å²) in [7, 11) is -0.747. The van der Waals surface area contributed by atoms with Crippen LogP contribution in [0.25, 0.3) is 0 Å². The van der Waals surface area contributed by atoms with E-state index in [4.69, 9.17) is 0 Å². The van der Waals surface area contributed by atoms with Gasteiger partial charge in [-0.25, -0.2) is 0 Å². The summed E-state index contributed by atoms with van der Waals surface area (Å²) >= 11 is 0. The molecule has 1 saturated heterocycles. The Labute approximate surface area is 72.4 Å². The van der Waals surface area contributed by atoms with Crippen molar-refractivity contribution in [2.75, 3.05) is 0 Å². The quantitative estimate of drug-likeness (QED) is 0.524. The van der Waals surface area contributed by atoms with E-state index in [-0.39, 0.29) is 0 Å². The van der Waals surface area contributed by atoms with Crippen LogP contribution in [0.2, 0.25) is 25.2 Å². The number of hydrogen-bond acceptors (Lipinski definition) is 0. The van der Waals surface area contributed by atoms with Crippen LogP contribution in [0.15, 0.2) is 0 Å². The smallest absolute Gasteiger partial charge is 0.0479 e. The van der Waals surface area contributed by atoms with Crippen LogP contribution in [0.5, 0.6) is 0 Å². The first-order valence-electron chi connectivity index (χ1n) is 4.97. The molecule has 0 aromatic rings. The fourth-order valence-electron chi connectivity index (χ4n) is 2.63. The minimum atomic E-state index is -0.747. The van der Waals surface area contributed by atoms with Gasteiger partial charge in [0.25, 0.3) is 0 Å². The van der Waals surface area contributed by atoms with Crippen molar-refractivity contribution in [3.63, 3.8) is 0 Å². The summed E-state index contributed by atoms with van der Waals surface area (Å²) in [5, 5.41) is 0. The van der Waals surface area contributed by atoms with Gasteiger partial charge in [0.05, 0.1) is 0 Å². The maximum absolute atomic E-state index is 2.56. The van der Waals surface area contributed by atoms with Crippen LogP contribution in [0.1, 0.15) is 33.1 Å². The molecule has 1 heteroatoms. The largest absolute Gasteiger partial charge is 0.0693 e. The predicted molar refractivity (Wildman–Crippen MR) is 54.7 cm³/mol. The molecular weight excluding hydrogens is 148 g/mol. The normalized spacial score (nSPS) is 37.1. The van der Waals surface area contributed by atoms with Gasteiger partial charge in [-0.1, -0.05) is 51.9 Å². The number of hydrogen-bond donors (Lipinski definition) is 0. The SMILES string of the molecule is CCC1(C)CCC[Si](C)(C)C1. The maximum Gasteiger partial charge on any atom is 0.0479 e. The lowest BCUT2D eigenvalue weighted by atomic mass is 9.85. The van der Waals surface area contributed by atoms with Crippen molar-refractivity contribution in [2.24, 2.45) is 5.41 Å². The van der Waals surface area contributed by atoms with Crippen molar-refractivity contribution in [1.82, 2.24) is 0 Å². The zero-order chi connectivity index (χ0) is 8.54. The Morgan fingerprint density at radius 3 is 2.36 bits per heavy atom. The monoisotopic (exact) mass is 170 g/mol. The van der Waals surface area contributed by atoms with Crippen molar-refractivity contribution >= 4 is 8.07 Å². The van der Waals surface area contributed by atoms with E-state index in [9.17, 15) is 0 Å². The van der Waals surface area contributed by atoms with Crippen molar-refractivity contribution in [3.8, 4) is 0 Å². The third-order valence-electron chi connectivity index (χ3n) is 3.39. The van der Waals surface area contributed by atoms with E-state index in [1.165, 1.54) is 19.3 Å². The molecule has 1 heterocycles. The first-order chi connectivity index (χ1) is 4.97. The van der Waals surface area contributed by atoms with Gasteiger partial charge in [-0.2, -0.15) is 0 Å². The highest BCUT2D eigenvalue weighted by atomic mass is 28.3. The minimum absolute atomic E-state index is 0.716. The van der Waals surface area contributed by atoms with E-state index in [0.29, 0.717) is 5.41 Å². The third-order valence-corrected chi connectivity index (χ3v) is 6.91. The Bertz CT molecular complexity index is 140. The summed E-state index contributed by atoms with van der Waals surface area (Å²) in [6, 6.07) is 3.14. The third kappa shape index (κ3) is 2.33. The van der Waals surface area contributed by atoms with Gasteiger partial charge < -0.3 is 0 Å². The first-order valence-corrected chi connectivity index (χ1v) is 8.39. The van der Waals surface area contributed by atoms with E-state index in [2.05, 4.69) is 26.9 Å². The molecule has 1 rings (SSSR count). The minimum Gasteiger partial charge on any atom is -0.0693 e. The molecule has 0 aliphatic carbocycles. The van der Waals surface area contributed by atoms with Gasteiger partial charge >= 0.3 is 0 Å². The molecular formula is C10H22Si. The lowest BCUT2D eigenvalue weighted by molar-refractivity contribution is 0.299. The summed E-state index contributed by atoms with van der Waals surface area (Å²) < 4.78 is 0. The van der Waals surface area contributed by atoms with Crippen LogP contribution in [-0.2, 0) is 0 Å². The molecule has 1 aliphatic rings. The lowest BCUT2D eigenvalue weighted by Gasteiger charge is -2.41. The molecule has 0 bridgehead atoms. The van der Waals surface area contributed by atoms with Gasteiger partial charge in [0.1, 0.15) is 0 Å². The second-order valence-corrected chi connectivity index (χ2v) is 10.5. The van der Waals surface area contributed by atoms with Gasteiger partial charge in [0.2, 0.25) is 0 Å². The molecule has 1 atom stereocenters. The average Bonchev–Trinajstić information content (AvgIpc) is 1.85. The van der Waals surface area contributed by atoms with Gasteiger partial charge in [-0.3, -0.25) is 0 Å². The van der Waals surface area contributed by atoms with Gasteiger partial charge in [0, 0.05) is 8.07 Å². The summed E-state index contributed by atoms with van der Waals surface area (Å²) in [6.45, 7) is 9.96. The Morgan fingerprint density at radius 1 is 1.36 bits per heavy atom. The molecule has 0 aromatic carbocycles. The van der Waals surface area contributed by atoms with E-state index >= 15 is 0 Å². The second kappa shape index (κ2) is 2.93. The summed E-state index contributed by atoms with van der Waals surface area (Å²) in [4.78, 5) is 0. The predicted octanol–water partition coefficient (Wildman–Crippen LogP) is 3.90. The maximum atomic E-state index is 2.56. The standard InChI is InChI=1S/C10H22Si/c1-5-10(2)7-6-8-11(3,4)9-10/h5-9H2,1-4H3. The molecule has 0 radical (unpaired) electrons. The topological polar surface area (TPSA) is 0 Å². The second-order valence-electron chi connectivity index (χ2n) is 5.36. The molecule has 0 N–H and O–H groups in total. The molecule has 0 spiro atoms. The van der Waals surface area contributed by atoms with Crippen LogP contribution >= 0.6 is 0 Å². The Kier molecular flexibility index (Phi) is 2.48. The molecule has 66 valence electrons. The van der Waals surface area contributed by atoms with Crippen molar-refractivity contribution in [1.29, 1.82) is 0 Å². The Morgan fingerprint density at radius 2 is 2.00 bits per heavy atom. The fraction of sp³-hybridized carbons (Fsp3) is 1.00. The molecule has 11 heavy (non-hydrogen) atoms. The molecule has 0 saturated carbocycles. The van der Waals surface area contributed by atoms with Crippen molar-refractivity contribution < 1.29 is 0 Å². The van der Waals surface area contributed by atoms with E-state index < -0.39 is 8.07 Å². The highest BCUT2D eigenvalue weighted by Crippen LogP contribution is 2.43. The number of rotatable bonds is 1. The van der Waals surface area contributed by atoms with Gasteiger partial charge in [-0.15, -0.1) is 0 Å². The lowest BCUT2D eigenvalue weighted by Crippen LogP contribution is -2.37. The van der Waals surface area contributed by atoms with Crippen LogP contribution in [0.4, 0.5) is 0 Å². The molecule has 1 fully saturated rings. The van der Waals surface area contributed by atoms with Gasteiger partial charge in [0.15, 0.2) is 0 Å². The average molecular weight is 170 g/mol. The van der Waals surface area contributed by atoms with Crippen LogP contribution < -0.4 is 0 Å². The molecule has 0 amide bonds. The molecule has 0 nitrogen and oxygen atoms in total. The first kappa shape index (κ1) is 9.31. The highest BCUT2D eigenvalue weighted by molar-refractivity contribution is 6.77. The Balaban J connectivity index is 2.59. The van der Waals surface area contributed by atoms with Gasteiger partial charge in [-0.05, 0) is 11.8 Å². The van der Waals surface area contributed by atoms with E-state index in [1.807, 2.05) is 0 Å². The molecule has 1 aliphatic heterocycles. The zero-order valence-corrected chi connectivity index (χ0v) is 9.54. The van der Waals surface area contributed by atoms with E-state index in [0.717, 1.165) is 0 Å². The van der Waals surface area contributed by atoms with Crippen LogP contribution in [-0.4, -0.2) is 8.07 Å². The van der Waals surface area contributed by atoms with Crippen molar-refractivity contribution in [3.05, 3.63) is 0 Å². The zero-order valence-electron chi connectivity index (χ0n) is 8.54. The molecule has 0 aromatic heterocycles. The van der Waals surface area contributed by atoms with E-state index in [1.54, 1.807) is 12.1 Å². The summed E-state index contributed by atoms with van der Waals surface area (Å²) in [5.74, 6) is 0. The fourth-order valence-corrected chi connectivity index (χ4v) is 6.68. The summed E-state index contributed by atoms with van der Waals surface area (Å²) in [5.41, 5.74) is 0.716. The van der Waals surface area contributed by atoms with Crippen LogP contribution in [0.3, 0.4) is 0 Å².